The lowest BCUT2D eigenvalue weighted by atomic mass is 10.1. The molecule has 0 aliphatic heterocycles. The average Bonchev–Trinajstić information content (AvgIpc) is 2.90. The molecule has 0 saturated heterocycles. The van der Waals surface area contributed by atoms with E-state index < -0.39 is 42.4 Å². The van der Waals surface area contributed by atoms with Crippen molar-refractivity contribution in [2.75, 3.05) is 0 Å². The van der Waals surface area contributed by atoms with Crippen LogP contribution in [0.5, 0.6) is 0 Å². The first-order valence-corrected chi connectivity index (χ1v) is 6.41. The Labute approximate surface area is 135 Å². The second kappa shape index (κ2) is 5.19. The fourth-order valence-electron chi connectivity index (χ4n) is 2.59. The number of non-ortho nitro benzene ring substituents is 4. The van der Waals surface area contributed by atoms with Gasteiger partial charge in [0.2, 0.25) is 0 Å². The summed E-state index contributed by atoms with van der Waals surface area (Å²) in [4.78, 5) is 43.4. The topological polar surface area (TPSA) is 188 Å². The third-order valence-corrected chi connectivity index (χ3v) is 3.54. The van der Waals surface area contributed by atoms with Crippen LogP contribution < -0.4 is 0 Å². The molecule has 1 aromatic heterocycles. The fourth-order valence-corrected chi connectivity index (χ4v) is 2.59. The van der Waals surface area contributed by atoms with Crippen molar-refractivity contribution < 1.29 is 19.7 Å². The molecule has 13 nitrogen and oxygen atoms in total. The van der Waals surface area contributed by atoms with E-state index in [0.29, 0.717) is 12.1 Å². The zero-order valence-corrected chi connectivity index (χ0v) is 11.9. The van der Waals surface area contributed by atoms with Crippen LogP contribution in [0, 0.1) is 40.5 Å². The molecule has 126 valence electrons. The van der Waals surface area contributed by atoms with Gasteiger partial charge >= 0.3 is 0 Å². The number of nitro benzene ring substituents is 4. The van der Waals surface area contributed by atoms with Crippen LogP contribution in [0.25, 0.3) is 21.8 Å². The van der Waals surface area contributed by atoms with Gasteiger partial charge in [0.05, 0.1) is 53.6 Å². The summed E-state index contributed by atoms with van der Waals surface area (Å²) in [6, 6.07) is 3.30. The van der Waals surface area contributed by atoms with E-state index in [-0.39, 0.29) is 21.8 Å². The minimum atomic E-state index is -0.909. The van der Waals surface area contributed by atoms with Gasteiger partial charge in [-0.05, 0) is 0 Å². The summed E-state index contributed by atoms with van der Waals surface area (Å²) in [5.41, 5.74) is -2.84. The summed E-state index contributed by atoms with van der Waals surface area (Å²) in [5.74, 6) is 0. The number of benzene rings is 2. The number of fused-ring (bicyclic) bond motifs is 3. The van der Waals surface area contributed by atoms with E-state index in [0.717, 1.165) is 12.1 Å². The molecule has 0 unspecified atom stereocenters. The van der Waals surface area contributed by atoms with Gasteiger partial charge in [0, 0.05) is 12.1 Å². The van der Waals surface area contributed by atoms with Crippen LogP contribution in [0.15, 0.2) is 24.3 Å². The number of nitro groups is 4. The van der Waals surface area contributed by atoms with Gasteiger partial charge in [0.25, 0.3) is 22.7 Å². The van der Waals surface area contributed by atoms with Crippen molar-refractivity contribution in [1.82, 2.24) is 4.98 Å². The molecule has 0 aliphatic carbocycles. The second-order valence-electron chi connectivity index (χ2n) is 4.93. The largest absolute Gasteiger partial charge is 0.354 e. The summed E-state index contributed by atoms with van der Waals surface area (Å²) < 4.78 is 0. The number of nitrogens with zero attached hydrogens (tertiary/aromatic N) is 4. The summed E-state index contributed by atoms with van der Waals surface area (Å²) >= 11 is 0. The number of aromatic amines is 1. The molecule has 1 N–H and O–H groups in total. The molecule has 0 atom stereocenters. The first-order valence-electron chi connectivity index (χ1n) is 6.41. The van der Waals surface area contributed by atoms with Crippen molar-refractivity contribution in [3.05, 3.63) is 64.7 Å². The van der Waals surface area contributed by atoms with Crippen LogP contribution in [-0.2, 0) is 0 Å². The lowest BCUT2D eigenvalue weighted by Crippen LogP contribution is -1.95. The number of aromatic nitrogens is 1. The monoisotopic (exact) mass is 347 g/mol. The van der Waals surface area contributed by atoms with Crippen LogP contribution in [0.4, 0.5) is 22.7 Å². The van der Waals surface area contributed by atoms with E-state index in [1.807, 2.05) is 0 Å². The summed E-state index contributed by atoms with van der Waals surface area (Å²) in [6.07, 6.45) is 0. The predicted molar refractivity (Wildman–Crippen MR) is 82.4 cm³/mol. The quantitative estimate of drug-likeness (QED) is 0.550. The van der Waals surface area contributed by atoms with Crippen LogP contribution in [0.1, 0.15) is 0 Å². The second-order valence-corrected chi connectivity index (χ2v) is 4.93. The zero-order chi connectivity index (χ0) is 18.5. The molecule has 1 heterocycles. The standard InChI is InChI=1S/C12H5N5O8/c18-14(19)5-1-7-11(9(3-5)16(22)23)12-8(13-7)2-6(15(20)21)4-10(12)17(24)25/h1-4,13H. The van der Waals surface area contributed by atoms with Gasteiger partial charge in [-0.2, -0.15) is 0 Å². The molecule has 13 heteroatoms. The van der Waals surface area contributed by atoms with Crippen molar-refractivity contribution in [1.29, 1.82) is 0 Å². The van der Waals surface area contributed by atoms with E-state index in [4.69, 9.17) is 0 Å². The number of H-pyrrole nitrogens is 1. The van der Waals surface area contributed by atoms with Gasteiger partial charge in [0.15, 0.2) is 0 Å². The highest BCUT2D eigenvalue weighted by Crippen LogP contribution is 2.41. The molecular weight excluding hydrogens is 342 g/mol. The average molecular weight is 347 g/mol. The van der Waals surface area contributed by atoms with Gasteiger partial charge in [-0.1, -0.05) is 0 Å². The van der Waals surface area contributed by atoms with E-state index in [1.165, 1.54) is 0 Å². The Morgan fingerprint density at radius 2 is 0.960 bits per heavy atom. The van der Waals surface area contributed by atoms with Gasteiger partial charge < -0.3 is 4.98 Å². The molecule has 3 aromatic rings. The van der Waals surface area contributed by atoms with E-state index in [2.05, 4.69) is 4.98 Å². The maximum atomic E-state index is 11.3. The third-order valence-electron chi connectivity index (χ3n) is 3.54. The normalized spacial score (nSPS) is 10.9. The predicted octanol–water partition coefficient (Wildman–Crippen LogP) is 2.95. The van der Waals surface area contributed by atoms with Crippen molar-refractivity contribution in [3.63, 3.8) is 0 Å². The SMILES string of the molecule is O=[N+]([O-])c1cc([N+](=O)[O-])c2c(c1)[nH]c1cc([N+](=O)[O-])cc([N+](=O)[O-])c12. The molecule has 25 heavy (non-hydrogen) atoms. The molecule has 0 saturated carbocycles. The molecule has 3 rings (SSSR count). The summed E-state index contributed by atoms with van der Waals surface area (Å²) in [6.45, 7) is 0. The van der Waals surface area contributed by atoms with Crippen molar-refractivity contribution >= 4 is 44.6 Å². The Balaban J connectivity index is 2.57. The lowest BCUT2D eigenvalue weighted by molar-refractivity contribution is -0.393. The maximum Gasteiger partial charge on any atom is 0.286 e. The first-order chi connectivity index (χ1) is 11.7. The number of nitrogens with one attached hydrogen (secondary N) is 1. The van der Waals surface area contributed by atoms with Crippen LogP contribution in [0.3, 0.4) is 0 Å². The maximum absolute atomic E-state index is 11.3. The summed E-state index contributed by atoms with van der Waals surface area (Å²) in [7, 11) is 0. The van der Waals surface area contributed by atoms with E-state index in [9.17, 15) is 40.5 Å². The molecule has 0 amide bonds. The molecule has 0 spiro atoms. The highest BCUT2D eigenvalue weighted by molar-refractivity contribution is 6.16. The third kappa shape index (κ3) is 2.35. The smallest absolute Gasteiger partial charge is 0.286 e. The minimum absolute atomic E-state index is 0.112. The Kier molecular flexibility index (Phi) is 3.26. The Morgan fingerprint density at radius 1 is 0.600 bits per heavy atom. The zero-order valence-electron chi connectivity index (χ0n) is 11.9. The van der Waals surface area contributed by atoms with Crippen molar-refractivity contribution in [2.24, 2.45) is 0 Å². The first kappa shape index (κ1) is 15.7. The molecule has 0 radical (unpaired) electrons. The van der Waals surface area contributed by atoms with E-state index >= 15 is 0 Å². The van der Waals surface area contributed by atoms with E-state index in [1.54, 1.807) is 0 Å². The molecule has 0 fully saturated rings. The Bertz CT molecular complexity index is 1030. The van der Waals surface area contributed by atoms with Gasteiger partial charge in [-0.25, -0.2) is 0 Å². The molecular formula is C12H5N5O8. The van der Waals surface area contributed by atoms with Gasteiger partial charge in [-0.15, -0.1) is 0 Å². The highest BCUT2D eigenvalue weighted by Gasteiger charge is 2.29. The molecule has 0 bridgehead atoms. The number of hydrogen-bond donors (Lipinski definition) is 1. The lowest BCUT2D eigenvalue weighted by Gasteiger charge is -1.98. The summed E-state index contributed by atoms with van der Waals surface area (Å²) in [5, 5.41) is 43.9. The highest BCUT2D eigenvalue weighted by atomic mass is 16.6. The fraction of sp³-hybridized carbons (Fsp3) is 0. The number of hydrogen-bond acceptors (Lipinski definition) is 8. The van der Waals surface area contributed by atoms with Crippen LogP contribution in [-0.4, -0.2) is 24.7 Å². The minimum Gasteiger partial charge on any atom is -0.354 e. The number of rotatable bonds is 4. The van der Waals surface area contributed by atoms with Gasteiger partial charge in [0.1, 0.15) is 0 Å². The molecule has 2 aromatic carbocycles. The van der Waals surface area contributed by atoms with Crippen molar-refractivity contribution in [3.8, 4) is 0 Å². The van der Waals surface area contributed by atoms with Gasteiger partial charge in [-0.3, -0.25) is 40.5 Å². The van der Waals surface area contributed by atoms with Crippen molar-refractivity contribution in [2.45, 2.75) is 0 Å². The molecule has 0 aliphatic rings. The Morgan fingerprint density at radius 3 is 1.24 bits per heavy atom. The Hall–Kier alpha value is -4.16. The van der Waals surface area contributed by atoms with Crippen LogP contribution >= 0.6 is 0 Å². The van der Waals surface area contributed by atoms with Crippen LogP contribution in [0.2, 0.25) is 0 Å².